The molecule has 0 bridgehead atoms. The fourth-order valence-corrected chi connectivity index (χ4v) is 8.65. The van der Waals surface area contributed by atoms with E-state index in [2.05, 4.69) is 59.3 Å². The average Bonchev–Trinajstić information content (AvgIpc) is 1.18. The van der Waals surface area contributed by atoms with Gasteiger partial charge in [0.1, 0.15) is 60.4 Å². The van der Waals surface area contributed by atoms with Gasteiger partial charge in [-0.25, -0.2) is 4.79 Å². The second-order valence-electron chi connectivity index (χ2n) is 22.8. The van der Waals surface area contributed by atoms with Gasteiger partial charge in [0.15, 0.2) is 6.04 Å². The summed E-state index contributed by atoms with van der Waals surface area (Å²) in [5, 5.41) is 80.8. The molecule has 0 aliphatic heterocycles. The van der Waals surface area contributed by atoms with Crippen LogP contribution >= 0.6 is 0 Å². The van der Waals surface area contributed by atoms with Crippen LogP contribution in [0.25, 0.3) is 0 Å². The number of hydrogen-bond acceptors (Lipinski definition) is 18. The van der Waals surface area contributed by atoms with E-state index in [0.29, 0.717) is 19.4 Å². The van der Waals surface area contributed by atoms with Crippen molar-refractivity contribution in [1.82, 2.24) is 53.2 Å². The molecule has 0 saturated carbocycles. The highest BCUT2D eigenvalue weighted by atomic mass is 16.4. The molecule has 37 nitrogen and oxygen atoms in total. The van der Waals surface area contributed by atoms with Gasteiger partial charge in [-0.05, 0) is 69.1 Å². The van der Waals surface area contributed by atoms with E-state index in [1.807, 2.05) is 5.32 Å². The van der Waals surface area contributed by atoms with Gasteiger partial charge < -0.3 is 107 Å². The van der Waals surface area contributed by atoms with Crippen molar-refractivity contribution < 1.29 is 124 Å². The van der Waals surface area contributed by atoms with Crippen molar-refractivity contribution in [3.63, 3.8) is 0 Å². The molecule has 92 heavy (non-hydrogen) atoms. The smallest absolute Gasteiger partial charge is 0.326 e. The zero-order chi connectivity index (χ0) is 70.7. The maximum atomic E-state index is 14.3. The quantitative estimate of drug-likeness (QED) is 0.0252. The molecule has 0 aromatic carbocycles. The number of carboxylic acid groups (broad SMARTS) is 5. The van der Waals surface area contributed by atoms with E-state index < -0.39 is 237 Å². The molecule has 12 amide bonds. The number of aliphatic carboxylic acids is 5. The number of quaternary nitrogens is 2. The summed E-state index contributed by atoms with van der Waals surface area (Å²) in [4.78, 5) is 219. The van der Waals surface area contributed by atoms with Gasteiger partial charge in [0.25, 0.3) is 5.91 Å². The highest BCUT2D eigenvalue weighted by Crippen LogP contribution is 2.15. The average molecular weight is 1320 g/mol. The van der Waals surface area contributed by atoms with Gasteiger partial charge in [0.2, 0.25) is 65.0 Å². The Balaban J connectivity index is 6.94. The van der Waals surface area contributed by atoms with Gasteiger partial charge >= 0.3 is 29.8 Å². The maximum Gasteiger partial charge on any atom is 0.326 e. The van der Waals surface area contributed by atoms with Crippen LogP contribution in [0.15, 0.2) is 0 Å². The molecule has 37 heteroatoms. The monoisotopic (exact) mass is 1320 g/mol. The minimum absolute atomic E-state index is 0.0269. The van der Waals surface area contributed by atoms with Gasteiger partial charge in [-0.1, -0.05) is 48.0 Å². The van der Waals surface area contributed by atoms with Crippen molar-refractivity contribution in [3.05, 3.63) is 0 Å². The van der Waals surface area contributed by atoms with Crippen LogP contribution < -0.4 is 76.1 Å². The number of aliphatic hydroxyl groups excluding tert-OH is 1. The van der Waals surface area contributed by atoms with Crippen LogP contribution in [0, 0.1) is 17.8 Å². The second-order valence-corrected chi connectivity index (χ2v) is 22.8. The predicted octanol–water partition coefficient (Wildman–Crippen LogP) is -7.72. The minimum atomic E-state index is -2.10. The molecule has 0 rings (SSSR count). The standard InChI is InChI=1S/C55H92N14O23/c1-7-27(6)44(69-52(88)34(21-26(4)5)64-46(82)29(10-8-9-19-56)61-47(83)30(12-15-38(58)71)60-45(81)28(57)11-16-40(73)74)54(90)68-37(24-70)53(89)63-31(13-17-41(75)76)48(84)62-32(14-18-42(77)78)49(85)66-35(23-43(79)80)51(87)65-33(20-25(2)3)50(86)67-36(55(91)92)22-39(59)72/h25-37,44,70H,7-24,56-57H2,1-6H3,(H2,58,71)(H2,59,72)(H,60,81)(H,61,83)(H,62,84)(H,63,89)(H,64,82)(H,65,87)(H,66,85)(H,67,86)(H,68,90)(H,69,88)(H,73,74)(H,75,76)(H,77,78)(H,79,80)(H,91,92)/p+2/t27-,28-,29-,30-,31-,32-,33-,34-,35-,36-,37-,44-/m0/s1. The summed E-state index contributed by atoms with van der Waals surface area (Å²) in [6.07, 6.45) is -6.07. The number of carbonyl (C=O) groups is 17. The van der Waals surface area contributed by atoms with Gasteiger partial charge in [-0.15, -0.1) is 0 Å². The first-order valence-corrected chi connectivity index (χ1v) is 29.8. The van der Waals surface area contributed by atoms with Gasteiger partial charge in [0, 0.05) is 25.7 Å². The van der Waals surface area contributed by atoms with Gasteiger partial charge in [-0.3, -0.25) is 76.7 Å². The predicted molar refractivity (Wildman–Crippen MR) is 316 cm³/mol. The number of nitrogens with two attached hydrogens (primary N) is 2. The number of amides is 12. The number of unbranched alkanes of at least 4 members (excludes halogenated alkanes) is 1. The lowest BCUT2D eigenvalue weighted by atomic mass is 9.96. The summed E-state index contributed by atoms with van der Waals surface area (Å²) in [6.45, 7) is 8.94. The Hall–Kier alpha value is -9.13. The molecule has 0 fully saturated rings. The maximum absolute atomic E-state index is 14.3. The molecule has 12 atom stereocenters. The Morgan fingerprint density at radius 2 is 0.728 bits per heavy atom. The molecule has 0 unspecified atom stereocenters. The third-order valence-corrected chi connectivity index (χ3v) is 13.9. The third-order valence-electron chi connectivity index (χ3n) is 13.9. The van der Waals surface area contributed by atoms with Crippen LogP contribution in [0.3, 0.4) is 0 Å². The lowest BCUT2D eigenvalue weighted by Crippen LogP contribution is -2.69. The van der Waals surface area contributed by atoms with Crippen LogP contribution in [0.2, 0.25) is 0 Å². The SMILES string of the molecule is CC[C@H](C)[C@H](NC(=O)[C@H](CC(C)C)NC(=O)[C@H](CCCC[NH3+])NC(=O)[C@H](CCC(N)=O)NC(=O)[C@@H]([NH3+])CCC(=O)O)C(=O)N[C@@H](CO)C(=O)N[C@@H](CCC(=O)O)C(=O)N[C@@H](CCC(=O)O)C(=O)N[C@@H](CC(=O)O)C(=O)N[C@@H](CC(C)C)C(=O)N[C@@H](CC(N)=O)C(=O)O. The van der Waals surface area contributed by atoms with E-state index in [1.165, 1.54) is 6.92 Å². The van der Waals surface area contributed by atoms with Gasteiger partial charge in [0.05, 0.1) is 32.4 Å². The largest absolute Gasteiger partial charge is 0.481 e. The Kier molecular flexibility index (Phi) is 38.5. The summed E-state index contributed by atoms with van der Waals surface area (Å²) in [7, 11) is 0. The lowest BCUT2D eigenvalue weighted by molar-refractivity contribution is -0.405. The summed E-state index contributed by atoms with van der Waals surface area (Å²) in [5.41, 5.74) is 17.8. The molecular weight excluding hydrogens is 1220 g/mol. The molecule has 0 aliphatic rings. The van der Waals surface area contributed by atoms with Crippen LogP contribution in [-0.4, -0.2) is 211 Å². The summed E-state index contributed by atoms with van der Waals surface area (Å²) >= 11 is 0. The van der Waals surface area contributed by atoms with Crippen LogP contribution in [-0.2, 0) is 81.5 Å². The molecule has 26 N–H and O–H groups in total. The fraction of sp³-hybridized carbons (Fsp3) is 0.691. The summed E-state index contributed by atoms with van der Waals surface area (Å²) in [5.74, 6) is -22.5. The van der Waals surface area contributed by atoms with E-state index in [1.54, 1.807) is 34.6 Å². The Morgan fingerprint density at radius 3 is 1.11 bits per heavy atom. The first-order chi connectivity index (χ1) is 42.9. The van der Waals surface area contributed by atoms with Crippen molar-refractivity contribution in [1.29, 1.82) is 0 Å². The fourth-order valence-electron chi connectivity index (χ4n) is 8.65. The number of rotatable bonds is 48. The molecule has 520 valence electrons. The molecule has 0 saturated heterocycles. The number of carbonyl (C=O) groups excluding carboxylic acids is 12. The van der Waals surface area contributed by atoms with E-state index >= 15 is 0 Å². The number of nitrogens with one attached hydrogen (secondary N) is 10. The Morgan fingerprint density at radius 1 is 0.380 bits per heavy atom. The second kappa shape index (κ2) is 42.8. The number of hydrogen-bond donors (Lipinski definition) is 20. The number of aliphatic hydroxyl groups is 1. The van der Waals surface area contributed by atoms with E-state index in [9.17, 15) is 107 Å². The van der Waals surface area contributed by atoms with Crippen molar-refractivity contribution in [2.45, 2.75) is 211 Å². The number of carboxylic acids is 5. The first-order valence-electron chi connectivity index (χ1n) is 29.8. The summed E-state index contributed by atoms with van der Waals surface area (Å²) in [6, 6.07) is -18.5. The van der Waals surface area contributed by atoms with E-state index in [4.69, 9.17) is 16.6 Å². The highest BCUT2D eigenvalue weighted by Gasteiger charge is 2.38. The Bertz CT molecular complexity index is 2610. The van der Waals surface area contributed by atoms with Crippen molar-refractivity contribution in [2.24, 2.45) is 29.2 Å². The minimum Gasteiger partial charge on any atom is -0.481 e. The number of primary amides is 2. The molecular formula is C55H94N14O23+2. The molecule has 0 aromatic rings. The Labute approximate surface area is 529 Å². The lowest BCUT2D eigenvalue weighted by Gasteiger charge is -2.30. The topological polar surface area (TPSA) is 639 Å². The zero-order valence-corrected chi connectivity index (χ0v) is 52.5. The van der Waals surface area contributed by atoms with Crippen molar-refractivity contribution in [2.75, 3.05) is 13.2 Å². The summed E-state index contributed by atoms with van der Waals surface area (Å²) < 4.78 is 0. The van der Waals surface area contributed by atoms with Gasteiger partial charge in [-0.2, -0.15) is 0 Å². The molecule has 0 spiro atoms. The first kappa shape index (κ1) is 82.9. The zero-order valence-electron chi connectivity index (χ0n) is 52.5. The molecule has 0 aliphatic carbocycles. The molecule has 0 aromatic heterocycles. The van der Waals surface area contributed by atoms with Crippen molar-refractivity contribution in [3.8, 4) is 0 Å². The molecule has 0 radical (unpaired) electrons. The third kappa shape index (κ3) is 33.6. The normalized spacial score (nSPS) is 15.0. The van der Waals surface area contributed by atoms with Crippen LogP contribution in [0.4, 0.5) is 0 Å². The highest BCUT2D eigenvalue weighted by molar-refractivity contribution is 6.00. The van der Waals surface area contributed by atoms with Crippen LogP contribution in [0.1, 0.15) is 144 Å². The van der Waals surface area contributed by atoms with Crippen molar-refractivity contribution >= 4 is 101 Å². The van der Waals surface area contributed by atoms with E-state index in [0.717, 1.165) is 0 Å². The van der Waals surface area contributed by atoms with Crippen LogP contribution in [0.5, 0.6) is 0 Å². The molecule has 0 heterocycles. The van der Waals surface area contributed by atoms with E-state index in [-0.39, 0.29) is 44.4 Å².